The fourth-order valence-electron chi connectivity index (χ4n) is 3.22. The highest BCUT2D eigenvalue weighted by Crippen LogP contribution is 2.31. The third-order valence-electron chi connectivity index (χ3n) is 4.77. The maximum absolute atomic E-state index is 13.8. The largest absolute Gasteiger partial charge is 0.494 e. The average molecular weight is 393 g/mol. The lowest BCUT2D eigenvalue weighted by Gasteiger charge is -2.18. The lowest BCUT2D eigenvalue weighted by molar-refractivity contribution is -0.132. The van der Waals surface area contributed by atoms with Crippen LogP contribution in [0.5, 0.6) is 11.5 Å². The molecule has 5 nitrogen and oxygen atoms in total. The summed E-state index contributed by atoms with van der Waals surface area (Å²) in [6.07, 6.45) is 0. The van der Waals surface area contributed by atoms with E-state index in [4.69, 9.17) is 13.9 Å². The molecule has 4 rings (SSSR count). The second-order valence-corrected chi connectivity index (χ2v) is 6.76. The molecular formula is C23H20FNO4. The van der Waals surface area contributed by atoms with Gasteiger partial charge in [0.25, 0.3) is 5.91 Å². The molecule has 0 fully saturated rings. The van der Waals surface area contributed by atoms with E-state index in [1.807, 2.05) is 36.4 Å². The van der Waals surface area contributed by atoms with Gasteiger partial charge in [-0.1, -0.05) is 24.3 Å². The van der Waals surface area contributed by atoms with Crippen molar-refractivity contribution in [1.29, 1.82) is 0 Å². The Hall–Kier alpha value is -3.54. The van der Waals surface area contributed by atoms with Crippen LogP contribution in [0.3, 0.4) is 0 Å². The molecule has 0 radical (unpaired) electrons. The number of nitrogens with zero attached hydrogens (tertiary/aromatic N) is 1. The number of fused-ring (bicyclic) bond motifs is 3. The third kappa shape index (κ3) is 3.87. The van der Waals surface area contributed by atoms with Gasteiger partial charge in [-0.3, -0.25) is 4.79 Å². The quantitative estimate of drug-likeness (QED) is 0.473. The molecule has 0 spiro atoms. The van der Waals surface area contributed by atoms with E-state index < -0.39 is 5.82 Å². The van der Waals surface area contributed by atoms with Crippen molar-refractivity contribution in [3.63, 3.8) is 0 Å². The second kappa shape index (κ2) is 7.83. The number of methoxy groups -OCH3 is 1. The molecule has 0 saturated heterocycles. The molecular weight excluding hydrogens is 373 g/mol. The first-order valence-corrected chi connectivity index (χ1v) is 9.15. The number of furan rings is 1. The minimum absolute atomic E-state index is 0.115. The minimum Gasteiger partial charge on any atom is -0.494 e. The Labute approximate surface area is 167 Å². The molecule has 0 aliphatic carbocycles. The average Bonchev–Trinajstić information content (AvgIpc) is 3.10. The molecule has 0 bridgehead atoms. The molecule has 0 unspecified atom stereocenters. The summed E-state index contributed by atoms with van der Waals surface area (Å²) in [6.45, 7) is 0.158. The number of likely N-dealkylation sites (N-methyl/N-ethyl adjacent to an activating group) is 1. The topological polar surface area (TPSA) is 51.9 Å². The van der Waals surface area contributed by atoms with E-state index in [0.717, 1.165) is 21.9 Å². The van der Waals surface area contributed by atoms with E-state index in [9.17, 15) is 9.18 Å². The van der Waals surface area contributed by atoms with Gasteiger partial charge in [-0.2, -0.15) is 0 Å². The molecule has 0 aliphatic heterocycles. The van der Waals surface area contributed by atoms with E-state index in [-0.39, 0.29) is 24.8 Å². The number of benzene rings is 3. The Bertz CT molecular complexity index is 1180. The fraction of sp³-hybridized carbons (Fsp3) is 0.174. The molecule has 1 heterocycles. The summed E-state index contributed by atoms with van der Waals surface area (Å²) in [5, 5.41) is 1.94. The summed E-state index contributed by atoms with van der Waals surface area (Å²) in [5.41, 5.74) is 2.25. The van der Waals surface area contributed by atoms with Crippen molar-refractivity contribution in [2.24, 2.45) is 0 Å². The van der Waals surface area contributed by atoms with E-state index in [0.29, 0.717) is 11.3 Å². The van der Waals surface area contributed by atoms with E-state index in [2.05, 4.69) is 0 Å². The van der Waals surface area contributed by atoms with Crippen molar-refractivity contribution in [2.45, 2.75) is 6.54 Å². The van der Waals surface area contributed by atoms with Crippen molar-refractivity contribution in [3.05, 3.63) is 72.0 Å². The van der Waals surface area contributed by atoms with Crippen LogP contribution in [0.2, 0.25) is 0 Å². The standard InChI is InChI=1S/C23H20FNO4/c1-25(13-15-7-9-22(27-2)19(24)11-15)23(26)14-28-16-8-10-21-18(12-16)17-5-3-4-6-20(17)29-21/h3-12H,13-14H2,1-2H3. The molecule has 0 atom stereocenters. The Morgan fingerprint density at radius 3 is 2.62 bits per heavy atom. The van der Waals surface area contributed by atoms with Crippen LogP contribution in [-0.4, -0.2) is 31.6 Å². The monoisotopic (exact) mass is 393 g/mol. The molecule has 148 valence electrons. The van der Waals surface area contributed by atoms with Gasteiger partial charge in [0, 0.05) is 24.4 Å². The Morgan fingerprint density at radius 2 is 1.83 bits per heavy atom. The summed E-state index contributed by atoms with van der Waals surface area (Å²) < 4.78 is 30.2. The van der Waals surface area contributed by atoms with Crippen LogP contribution >= 0.6 is 0 Å². The highest BCUT2D eigenvalue weighted by Gasteiger charge is 2.13. The molecule has 0 N–H and O–H groups in total. The summed E-state index contributed by atoms with van der Waals surface area (Å²) in [7, 11) is 3.06. The van der Waals surface area contributed by atoms with Crippen LogP contribution in [-0.2, 0) is 11.3 Å². The number of ether oxygens (including phenoxy) is 2. The molecule has 6 heteroatoms. The zero-order chi connectivity index (χ0) is 20.4. The first-order chi connectivity index (χ1) is 14.0. The molecule has 3 aromatic carbocycles. The molecule has 1 aromatic heterocycles. The van der Waals surface area contributed by atoms with Crippen LogP contribution in [0, 0.1) is 5.82 Å². The summed E-state index contributed by atoms with van der Waals surface area (Å²) in [6, 6.07) is 17.9. The molecule has 0 aliphatic rings. The van der Waals surface area contributed by atoms with Gasteiger partial charge in [-0.15, -0.1) is 0 Å². The second-order valence-electron chi connectivity index (χ2n) is 6.76. The van der Waals surface area contributed by atoms with Crippen molar-refractivity contribution < 1.29 is 23.1 Å². The Balaban J connectivity index is 1.42. The van der Waals surface area contributed by atoms with Crippen LogP contribution in [0.25, 0.3) is 21.9 Å². The summed E-state index contributed by atoms with van der Waals surface area (Å²) in [5.74, 6) is 0.0932. The number of rotatable bonds is 6. The number of carbonyl (C=O) groups is 1. The predicted octanol–water partition coefficient (Wildman–Crippen LogP) is 4.77. The zero-order valence-electron chi connectivity index (χ0n) is 16.1. The zero-order valence-corrected chi connectivity index (χ0v) is 16.1. The molecule has 4 aromatic rings. The third-order valence-corrected chi connectivity index (χ3v) is 4.77. The number of hydrogen-bond acceptors (Lipinski definition) is 4. The number of hydrogen-bond donors (Lipinski definition) is 0. The van der Waals surface area contributed by atoms with Crippen LogP contribution in [0.4, 0.5) is 4.39 Å². The van der Waals surface area contributed by atoms with Gasteiger partial charge in [-0.05, 0) is 42.0 Å². The van der Waals surface area contributed by atoms with Crippen LogP contribution in [0.1, 0.15) is 5.56 Å². The summed E-state index contributed by atoms with van der Waals surface area (Å²) >= 11 is 0. The lowest BCUT2D eigenvalue weighted by Crippen LogP contribution is -2.31. The number of halogens is 1. The maximum atomic E-state index is 13.8. The first-order valence-electron chi connectivity index (χ1n) is 9.15. The highest BCUT2D eigenvalue weighted by atomic mass is 19.1. The van der Waals surface area contributed by atoms with Gasteiger partial charge in [0.05, 0.1) is 7.11 Å². The SMILES string of the molecule is COc1ccc(CN(C)C(=O)COc2ccc3oc4ccccc4c3c2)cc1F. The number of amides is 1. The van der Waals surface area contributed by atoms with Gasteiger partial charge in [0.2, 0.25) is 0 Å². The van der Waals surface area contributed by atoms with Crippen LogP contribution in [0.15, 0.2) is 65.1 Å². The van der Waals surface area contributed by atoms with Crippen LogP contribution < -0.4 is 9.47 Å². The predicted molar refractivity (Wildman–Crippen MR) is 109 cm³/mol. The molecule has 0 saturated carbocycles. The van der Waals surface area contributed by atoms with Crippen molar-refractivity contribution in [2.75, 3.05) is 20.8 Å². The Kier molecular flexibility index (Phi) is 5.08. The van der Waals surface area contributed by atoms with Gasteiger partial charge >= 0.3 is 0 Å². The van der Waals surface area contributed by atoms with Gasteiger partial charge in [-0.25, -0.2) is 4.39 Å². The van der Waals surface area contributed by atoms with E-state index >= 15 is 0 Å². The molecule has 29 heavy (non-hydrogen) atoms. The number of carbonyl (C=O) groups excluding carboxylic acids is 1. The number of para-hydroxylation sites is 1. The Morgan fingerprint density at radius 1 is 1.03 bits per heavy atom. The van der Waals surface area contributed by atoms with Gasteiger partial charge in [0.1, 0.15) is 16.9 Å². The van der Waals surface area contributed by atoms with Gasteiger partial charge < -0.3 is 18.8 Å². The maximum Gasteiger partial charge on any atom is 0.260 e. The first kappa shape index (κ1) is 18.8. The van der Waals surface area contributed by atoms with Crippen molar-refractivity contribution in [1.82, 2.24) is 4.90 Å². The fourth-order valence-corrected chi connectivity index (χ4v) is 3.22. The minimum atomic E-state index is -0.456. The van der Waals surface area contributed by atoms with Crippen molar-refractivity contribution >= 4 is 27.8 Å². The lowest BCUT2D eigenvalue weighted by atomic mass is 10.1. The van der Waals surface area contributed by atoms with E-state index in [1.165, 1.54) is 18.1 Å². The van der Waals surface area contributed by atoms with E-state index in [1.54, 1.807) is 25.2 Å². The molecule has 1 amide bonds. The normalized spacial score (nSPS) is 11.0. The van der Waals surface area contributed by atoms with Crippen molar-refractivity contribution in [3.8, 4) is 11.5 Å². The summed E-state index contributed by atoms with van der Waals surface area (Å²) in [4.78, 5) is 13.9. The smallest absolute Gasteiger partial charge is 0.260 e. The van der Waals surface area contributed by atoms with Gasteiger partial charge in [0.15, 0.2) is 18.2 Å². The highest BCUT2D eigenvalue weighted by molar-refractivity contribution is 6.05.